The van der Waals surface area contributed by atoms with Gasteiger partial charge in [0.15, 0.2) is 0 Å². The summed E-state index contributed by atoms with van der Waals surface area (Å²) in [7, 11) is 0. The van der Waals surface area contributed by atoms with Gasteiger partial charge < -0.3 is 0 Å². The maximum absolute atomic E-state index is 10.5. The summed E-state index contributed by atoms with van der Waals surface area (Å²) < 4.78 is 20.3. The van der Waals surface area contributed by atoms with Crippen LogP contribution in [0.5, 0.6) is 0 Å². The monoisotopic (exact) mass is 187 g/mol. The molecule has 0 aliphatic carbocycles. The first-order valence-electron chi connectivity index (χ1n) is 3.32. The molecule has 5 nitrogen and oxygen atoms in total. The molecule has 0 saturated carbocycles. The second kappa shape index (κ2) is 6.74. The summed E-state index contributed by atoms with van der Waals surface area (Å²) in [5, 5.41) is 16.4. The van der Waals surface area contributed by atoms with E-state index in [0.717, 1.165) is 0 Å². The lowest BCUT2D eigenvalue weighted by Crippen LogP contribution is -2.27. The van der Waals surface area contributed by atoms with Crippen LogP contribution in [0.15, 0.2) is 0 Å². The topological polar surface area (TPSA) is 88.1 Å². The smallest absolute Gasteiger partial charge is 0.234 e. The summed E-state index contributed by atoms with van der Waals surface area (Å²) in [6.07, 6.45) is 0.384. The summed E-state index contributed by atoms with van der Waals surface area (Å²) in [4.78, 5) is 0. The van der Waals surface area contributed by atoms with Crippen molar-refractivity contribution in [1.82, 2.24) is 4.31 Å². The molecule has 0 amide bonds. The molecule has 0 fully saturated rings. The highest BCUT2D eigenvalue weighted by Gasteiger charge is 2.08. The Morgan fingerprint density at radius 3 is 1.92 bits per heavy atom. The van der Waals surface area contributed by atoms with Crippen LogP contribution >= 0.6 is 0 Å². The normalized spacial score (nSPS) is 12.0. The van der Waals surface area contributed by atoms with E-state index in [4.69, 9.17) is 15.1 Å². The summed E-state index contributed by atoms with van der Waals surface area (Å²) in [5.74, 6) is 0. The number of rotatable bonds is 5. The molecule has 0 aliphatic rings. The van der Waals surface area contributed by atoms with Crippen molar-refractivity contribution < 1.29 is 8.76 Å². The molecule has 0 saturated heterocycles. The van der Waals surface area contributed by atoms with Crippen molar-refractivity contribution in [3.05, 3.63) is 0 Å². The number of nitriles is 2. The quantitative estimate of drug-likeness (QED) is 0.625. The van der Waals surface area contributed by atoms with Gasteiger partial charge in [-0.3, -0.25) is 4.55 Å². The molecule has 0 aliphatic heterocycles. The Labute approximate surface area is 73.6 Å². The van der Waals surface area contributed by atoms with Crippen molar-refractivity contribution in [2.75, 3.05) is 13.1 Å². The molecule has 0 aromatic rings. The van der Waals surface area contributed by atoms with Gasteiger partial charge in [-0.2, -0.15) is 14.8 Å². The zero-order valence-corrected chi connectivity index (χ0v) is 7.25. The summed E-state index contributed by atoms with van der Waals surface area (Å²) in [5.41, 5.74) is 0. The molecular weight excluding hydrogens is 178 g/mol. The van der Waals surface area contributed by atoms with Crippen molar-refractivity contribution in [2.24, 2.45) is 0 Å². The van der Waals surface area contributed by atoms with Crippen molar-refractivity contribution in [3.8, 4) is 12.1 Å². The summed E-state index contributed by atoms with van der Waals surface area (Å²) in [6.45, 7) is 0.447. The van der Waals surface area contributed by atoms with E-state index in [9.17, 15) is 4.21 Å². The van der Waals surface area contributed by atoms with Crippen LogP contribution in [0.2, 0.25) is 0 Å². The highest BCUT2D eigenvalue weighted by molar-refractivity contribution is 7.76. The van der Waals surface area contributed by atoms with E-state index < -0.39 is 11.3 Å². The van der Waals surface area contributed by atoms with Gasteiger partial charge in [-0.05, 0) is 0 Å². The van der Waals surface area contributed by atoms with E-state index in [1.165, 1.54) is 4.31 Å². The Bertz CT molecular complexity index is 212. The molecule has 1 unspecified atom stereocenters. The lowest BCUT2D eigenvalue weighted by atomic mass is 10.4. The van der Waals surface area contributed by atoms with Crippen LogP contribution in [0.25, 0.3) is 0 Å². The van der Waals surface area contributed by atoms with Gasteiger partial charge in [0, 0.05) is 25.9 Å². The predicted octanol–water partition coefficient (Wildman–Crippen LogP) is 0.252. The molecule has 0 radical (unpaired) electrons. The minimum atomic E-state index is -2.08. The fourth-order valence-electron chi connectivity index (χ4n) is 0.617. The molecular formula is C6H9N3O2S. The lowest BCUT2D eigenvalue weighted by Gasteiger charge is -2.13. The summed E-state index contributed by atoms with van der Waals surface area (Å²) >= 11 is -2.08. The SMILES string of the molecule is N#CCCN(CCC#N)S(=O)O. The second-order valence-corrected chi connectivity index (χ2v) is 2.95. The van der Waals surface area contributed by atoms with Gasteiger partial charge in [-0.1, -0.05) is 0 Å². The molecule has 12 heavy (non-hydrogen) atoms. The van der Waals surface area contributed by atoms with Crippen LogP contribution in [-0.2, 0) is 11.3 Å². The molecule has 0 aromatic carbocycles. The fourth-order valence-corrected chi connectivity index (χ4v) is 1.11. The average Bonchev–Trinajstić information content (AvgIpc) is 2.04. The minimum absolute atomic E-state index is 0.192. The lowest BCUT2D eigenvalue weighted by molar-refractivity contribution is 0.409. The third-order valence-corrected chi connectivity index (χ3v) is 1.97. The van der Waals surface area contributed by atoms with Crippen LogP contribution < -0.4 is 0 Å². The first kappa shape index (κ1) is 11.1. The molecule has 0 bridgehead atoms. The molecule has 0 spiro atoms. The van der Waals surface area contributed by atoms with Crippen LogP contribution in [0.4, 0.5) is 0 Å². The van der Waals surface area contributed by atoms with Crippen molar-refractivity contribution in [1.29, 1.82) is 10.5 Å². The Balaban J connectivity index is 3.82. The number of hydrogen-bond acceptors (Lipinski definition) is 3. The molecule has 1 N–H and O–H groups in total. The van der Waals surface area contributed by atoms with Gasteiger partial charge in [0.1, 0.15) is 0 Å². The number of nitrogens with zero attached hydrogens (tertiary/aromatic N) is 3. The molecule has 6 heteroatoms. The molecule has 0 rings (SSSR count). The highest BCUT2D eigenvalue weighted by atomic mass is 32.2. The third kappa shape index (κ3) is 4.80. The van der Waals surface area contributed by atoms with E-state index >= 15 is 0 Å². The zero-order valence-electron chi connectivity index (χ0n) is 6.43. The molecule has 66 valence electrons. The number of hydrogen-bond donors (Lipinski definition) is 1. The molecule has 0 heterocycles. The summed E-state index contributed by atoms with van der Waals surface area (Å²) in [6, 6.07) is 3.72. The molecule has 1 atom stereocenters. The van der Waals surface area contributed by atoms with Gasteiger partial charge in [0.2, 0.25) is 11.3 Å². The maximum Gasteiger partial charge on any atom is 0.234 e. The van der Waals surface area contributed by atoms with Crippen molar-refractivity contribution in [3.63, 3.8) is 0 Å². The van der Waals surface area contributed by atoms with Crippen LogP contribution in [-0.4, -0.2) is 26.2 Å². The van der Waals surface area contributed by atoms with Gasteiger partial charge in [0.25, 0.3) is 0 Å². The molecule has 0 aromatic heterocycles. The average molecular weight is 187 g/mol. The highest BCUT2D eigenvalue weighted by Crippen LogP contribution is 1.95. The first-order valence-corrected chi connectivity index (χ1v) is 4.38. The van der Waals surface area contributed by atoms with Crippen molar-refractivity contribution in [2.45, 2.75) is 12.8 Å². The minimum Gasteiger partial charge on any atom is -0.294 e. The Kier molecular flexibility index (Phi) is 6.21. The van der Waals surface area contributed by atoms with E-state index in [-0.39, 0.29) is 25.9 Å². The van der Waals surface area contributed by atoms with E-state index in [1.807, 2.05) is 12.1 Å². The van der Waals surface area contributed by atoms with E-state index in [0.29, 0.717) is 0 Å². The predicted molar refractivity (Wildman–Crippen MR) is 42.8 cm³/mol. The standard InChI is InChI=1S/C6H9N3O2S/c7-3-1-5-9(12(10)11)6-2-4-8/h1-2,5-6H2,(H,10,11). The Morgan fingerprint density at radius 1 is 1.25 bits per heavy atom. The van der Waals surface area contributed by atoms with E-state index in [2.05, 4.69) is 0 Å². The van der Waals surface area contributed by atoms with Crippen LogP contribution in [0.1, 0.15) is 12.8 Å². The maximum atomic E-state index is 10.5. The Hall–Kier alpha value is -0.950. The van der Waals surface area contributed by atoms with Gasteiger partial charge in [0.05, 0.1) is 12.1 Å². The van der Waals surface area contributed by atoms with Gasteiger partial charge in [-0.25, -0.2) is 4.21 Å². The zero-order chi connectivity index (χ0) is 9.40. The fraction of sp³-hybridized carbons (Fsp3) is 0.667. The second-order valence-electron chi connectivity index (χ2n) is 1.98. The third-order valence-electron chi connectivity index (χ3n) is 1.17. The van der Waals surface area contributed by atoms with Crippen LogP contribution in [0, 0.1) is 22.7 Å². The van der Waals surface area contributed by atoms with E-state index in [1.54, 1.807) is 0 Å². The van der Waals surface area contributed by atoms with Crippen LogP contribution in [0.3, 0.4) is 0 Å². The Morgan fingerprint density at radius 2 is 1.67 bits per heavy atom. The van der Waals surface area contributed by atoms with Gasteiger partial charge in [-0.15, -0.1) is 0 Å². The van der Waals surface area contributed by atoms with Gasteiger partial charge >= 0.3 is 0 Å². The largest absolute Gasteiger partial charge is 0.294 e. The first-order chi connectivity index (χ1) is 5.72. The van der Waals surface area contributed by atoms with Crippen molar-refractivity contribution >= 4 is 11.3 Å².